The Labute approximate surface area is 286 Å². The Bertz CT molecular complexity index is 2800. The van der Waals surface area contributed by atoms with Crippen LogP contribution in [0.1, 0.15) is 0 Å². The molecule has 6 heteroatoms. The Morgan fingerprint density at radius 1 is 0.408 bits per heavy atom. The number of fused-ring (bicyclic) bond motifs is 6. The average molecular weight is 646 g/mol. The van der Waals surface area contributed by atoms with Gasteiger partial charge in [0.1, 0.15) is 10.0 Å². The minimum absolute atomic E-state index is 0.955. The molecular formula is C43H27N5S. The molecule has 0 bridgehead atoms. The van der Waals surface area contributed by atoms with Gasteiger partial charge in [0.2, 0.25) is 0 Å². The highest BCUT2D eigenvalue weighted by Gasteiger charge is 2.21. The Hall–Kier alpha value is -6.37. The monoisotopic (exact) mass is 645 g/mol. The van der Waals surface area contributed by atoms with E-state index in [1.165, 1.54) is 21.5 Å². The second-order valence-electron chi connectivity index (χ2n) is 12.2. The van der Waals surface area contributed by atoms with Crippen LogP contribution in [0.5, 0.6) is 0 Å². The lowest BCUT2D eigenvalue weighted by atomic mass is 10.0. The minimum Gasteiger partial charge on any atom is -0.309 e. The summed E-state index contributed by atoms with van der Waals surface area (Å²) in [4.78, 5) is 14.3. The summed E-state index contributed by atoms with van der Waals surface area (Å²) in [5, 5.41) is 6.80. The van der Waals surface area contributed by atoms with E-state index in [4.69, 9.17) is 4.98 Å². The first-order chi connectivity index (χ1) is 24.3. The summed E-state index contributed by atoms with van der Waals surface area (Å²) < 4.78 is 4.77. The van der Waals surface area contributed by atoms with Gasteiger partial charge in [0.25, 0.3) is 0 Å². The molecule has 0 aliphatic rings. The van der Waals surface area contributed by atoms with Crippen molar-refractivity contribution in [2.75, 3.05) is 0 Å². The first-order valence-electron chi connectivity index (χ1n) is 16.3. The maximum Gasteiger partial charge on any atom is 0.125 e. The van der Waals surface area contributed by atoms with Crippen LogP contribution < -0.4 is 0 Å². The van der Waals surface area contributed by atoms with E-state index in [0.29, 0.717) is 0 Å². The lowest BCUT2D eigenvalue weighted by molar-refractivity contribution is 1.18. The largest absolute Gasteiger partial charge is 0.309 e. The van der Waals surface area contributed by atoms with Crippen LogP contribution in [0.3, 0.4) is 0 Å². The van der Waals surface area contributed by atoms with Gasteiger partial charge in [0, 0.05) is 56.3 Å². The number of aromatic nitrogens is 5. The molecule has 0 saturated carbocycles. The molecule has 0 atom stereocenters. The van der Waals surface area contributed by atoms with E-state index in [-0.39, 0.29) is 0 Å². The first-order valence-corrected chi connectivity index (χ1v) is 17.1. The molecule has 5 aromatic heterocycles. The lowest BCUT2D eigenvalue weighted by Gasteiger charge is -2.08. The zero-order valence-electron chi connectivity index (χ0n) is 26.2. The van der Waals surface area contributed by atoms with Crippen molar-refractivity contribution < 1.29 is 0 Å². The van der Waals surface area contributed by atoms with E-state index in [1.807, 2.05) is 48.9 Å². The molecule has 0 saturated heterocycles. The molecule has 10 rings (SSSR count). The zero-order valence-corrected chi connectivity index (χ0v) is 27.0. The number of hydrogen-bond donors (Lipinski definition) is 0. The van der Waals surface area contributed by atoms with Crippen molar-refractivity contribution in [2.45, 2.75) is 0 Å². The molecule has 0 aliphatic heterocycles. The summed E-state index contributed by atoms with van der Waals surface area (Å²) in [5.74, 6) is 0. The Morgan fingerprint density at radius 2 is 0.939 bits per heavy atom. The summed E-state index contributed by atoms with van der Waals surface area (Å²) in [6.07, 6.45) is 5.72. The first kappa shape index (κ1) is 27.7. The topological polar surface area (TPSA) is 48.5 Å². The third-order valence-electron chi connectivity index (χ3n) is 9.32. The highest BCUT2D eigenvalue weighted by atomic mass is 32.1. The second-order valence-corrected chi connectivity index (χ2v) is 13.2. The van der Waals surface area contributed by atoms with Gasteiger partial charge in [-0.1, -0.05) is 84.1 Å². The fourth-order valence-corrected chi connectivity index (χ4v) is 8.04. The number of rotatable bonds is 5. The fourth-order valence-electron chi connectivity index (χ4n) is 7.09. The van der Waals surface area contributed by atoms with Gasteiger partial charge in [0.05, 0.1) is 39.7 Å². The highest BCUT2D eigenvalue weighted by Crippen LogP contribution is 2.42. The van der Waals surface area contributed by atoms with Gasteiger partial charge in [-0.05, 0) is 72.8 Å². The summed E-state index contributed by atoms with van der Waals surface area (Å²) >= 11 is 1.71. The standard InChI is InChI=1S/C43H27N5S/c1-3-11-28(12-4-1)43-46-27-42(49-43)48-39-20-18-30(37-16-8-10-22-45-37)24-33(39)35-25-40-34(26-41(35)48)32-23-29(36-15-7-9-21-44-36)17-19-38(32)47(40)31-13-5-2-6-14-31/h1-27H. The van der Waals surface area contributed by atoms with Gasteiger partial charge >= 0.3 is 0 Å². The maximum atomic E-state index is 4.90. The molecule has 0 fully saturated rings. The van der Waals surface area contributed by atoms with Crippen molar-refractivity contribution in [1.82, 2.24) is 24.1 Å². The third kappa shape index (κ3) is 4.49. The Kier molecular flexibility index (Phi) is 6.29. The predicted molar refractivity (Wildman–Crippen MR) is 203 cm³/mol. The fraction of sp³-hybridized carbons (Fsp3) is 0. The lowest BCUT2D eigenvalue weighted by Crippen LogP contribution is -1.93. The number of pyridine rings is 2. The number of thiazole rings is 1. The van der Waals surface area contributed by atoms with Crippen LogP contribution in [-0.4, -0.2) is 24.1 Å². The van der Waals surface area contributed by atoms with Crippen molar-refractivity contribution in [3.8, 4) is 43.8 Å². The Balaban J connectivity index is 1.31. The van der Waals surface area contributed by atoms with Gasteiger partial charge in [-0.25, -0.2) is 4.98 Å². The summed E-state index contributed by atoms with van der Waals surface area (Å²) in [7, 11) is 0. The maximum absolute atomic E-state index is 4.90. The second kappa shape index (κ2) is 11.1. The van der Waals surface area contributed by atoms with Gasteiger partial charge in [-0.3, -0.25) is 14.5 Å². The third-order valence-corrected chi connectivity index (χ3v) is 10.4. The molecule has 49 heavy (non-hydrogen) atoms. The number of benzene rings is 5. The van der Waals surface area contributed by atoms with Gasteiger partial charge < -0.3 is 4.57 Å². The van der Waals surface area contributed by atoms with Crippen molar-refractivity contribution >= 4 is 54.9 Å². The average Bonchev–Trinajstić information content (AvgIpc) is 3.87. The Morgan fingerprint density at radius 3 is 1.53 bits per heavy atom. The van der Waals surface area contributed by atoms with Crippen molar-refractivity contribution in [1.29, 1.82) is 0 Å². The van der Waals surface area contributed by atoms with Crippen molar-refractivity contribution in [3.05, 3.63) is 164 Å². The molecule has 0 amide bonds. The molecule has 0 unspecified atom stereocenters. The molecular weight excluding hydrogens is 619 g/mol. The van der Waals surface area contributed by atoms with Crippen LogP contribution >= 0.6 is 11.3 Å². The van der Waals surface area contributed by atoms with E-state index >= 15 is 0 Å². The highest BCUT2D eigenvalue weighted by molar-refractivity contribution is 7.17. The molecule has 0 aliphatic carbocycles. The SMILES string of the molecule is c1ccc(-c2ncc(-n3c4ccc(-c5ccccn5)cc4c4cc5c(cc43)c3cc(-c4ccccn4)ccc3n5-c3ccccc3)s2)cc1. The van der Waals surface area contributed by atoms with Gasteiger partial charge in [-0.15, -0.1) is 0 Å². The van der Waals surface area contributed by atoms with E-state index in [1.54, 1.807) is 11.3 Å². The molecule has 0 N–H and O–H groups in total. The molecule has 5 nitrogen and oxygen atoms in total. The van der Waals surface area contributed by atoms with E-state index in [2.05, 4.69) is 134 Å². The van der Waals surface area contributed by atoms with Gasteiger partial charge in [0.15, 0.2) is 0 Å². The number of nitrogens with zero attached hydrogens (tertiary/aromatic N) is 5. The van der Waals surface area contributed by atoms with Crippen LogP contribution in [-0.2, 0) is 0 Å². The van der Waals surface area contributed by atoms with Gasteiger partial charge in [-0.2, -0.15) is 0 Å². The molecule has 230 valence electrons. The van der Waals surface area contributed by atoms with Crippen LogP contribution in [0.15, 0.2) is 164 Å². The minimum atomic E-state index is 0.955. The van der Waals surface area contributed by atoms with Crippen molar-refractivity contribution in [3.63, 3.8) is 0 Å². The van der Waals surface area contributed by atoms with Crippen LogP contribution in [0, 0.1) is 0 Å². The predicted octanol–water partition coefficient (Wildman–Crippen LogP) is 11.1. The molecule has 5 heterocycles. The van der Waals surface area contributed by atoms with E-state index < -0.39 is 0 Å². The summed E-state index contributed by atoms with van der Waals surface area (Å²) in [5.41, 5.74) is 10.9. The van der Waals surface area contributed by atoms with E-state index in [9.17, 15) is 0 Å². The van der Waals surface area contributed by atoms with Crippen LogP contribution in [0.2, 0.25) is 0 Å². The quantitative estimate of drug-likeness (QED) is 0.187. The molecule has 5 aromatic carbocycles. The smallest absolute Gasteiger partial charge is 0.125 e. The van der Waals surface area contributed by atoms with Crippen LogP contribution in [0.4, 0.5) is 0 Å². The zero-order chi connectivity index (χ0) is 32.3. The van der Waals surface area contributed by atoms with Crippen LogP contribution in [0.25, 0.3) is 87.4 Å². The molecule has 0 radical (unpaired) electrons. The number of para-hydroxylation sites is 1. The normalized spacial score (nSPS) is 11.7. The molecule has 0 spiro atoms. The van der Waals surface area contributed by atoms with E-state index in [0.717, 1.165) is 65.8 Å². The van der Waals surface area contributed by atoms with Crippen molar-refractivity contribution in [2.24, 2.45) is 0 Å². The summed E-state index contributed by atoms with van der Waals surface area (Å²) in [6, 6.07) is 51.3. The molecule has 10 aromatic rings. The number of hydrogen-bond acceptors (Lipinski definition) is 4. The summed E-state index contributed by atoms with van der Waals surface area (Å²) in [6.45, 7) is 0.